The van der Waals surface area contributed by atoms with Crippen LogP contribution in [0.2, 0.25) is 0 Å². The van der Waals surface area contributed by atoms with Crippen molar-refractivity contribution in [2.75, 3.05) is 26.2 Å². The summed E-state index contributed by atoms with van der Waals surface area (Å²) in [5.41, 5.74) is 11.2. The molecule has 1 amide bonds. The van der Waals surface area contributed by atoms with E-state index in [-0.39, 0.29) is 18.6 Å². The highest BCUT2D eigenvalue weighted by atomic mass is 16.5. The minimum Gasteiger partial charge on any atom is -0.392 e. The molecule has 0 saturated carbocycles. The largest absolute Gasteiger partial charge is 0.392 e. The van der Waals surface area contributed by atoms with Crippen LogP contribution in [0.1, 0.15) is 32.7 Å². The Morgan fingerprint density at radius 2 is 2.07 bits per heavy atom. The number of nitrogens with two attached hydrogens (primary N) is 1. The highest BCUT2D eigenvalue weighted by Crippen LogP contribution is 2.24. The number of nitrogens with zero attached hydrogens (tertiary/aromatic N) is 2. The molecule has 1 fully saturated rings. The second-order valence-electron chi connectivity index (χ2n) is 7.75. The molecule has 30 heavy (non-hydrogen) atoms. The van der Waals surface area contributed by atoms with Gasteiger partial charge in [-0.3, -0.25) is 9.78 Å². The first-order valence-electron chi connectivity index (χ1n) is 10.3. The van der Waals surface area contributed by atoms with Gasteiger partial charge in [0.25, 0.3) is 5.91 Å². The maximum absolute atomic E-state index is 13.0. The number of aliphatic hydroxyl groups excluding tert-OH is 1. The monoisotopic (exact) mass is 405 g/mol. The van der Waals surface area contributed by atoms with Crippen molar-refractivity contribution in [2.24, 2.45) is 5.73 Å². The molecular weight excluding hydrogens is 378 g/mol. The summed E-state index contributed by atoms with van der Waals surface area (Å²) < 4.78 is 5.57. The number of carbonyl (C=O) groups excluding carboxylic acids is 1. The number of rotatable bonds is 5. The summed E-state index contributed by atoms with van der Waals surface area (Å²) in [7, 11) is 0. The number of fused-ring (bicyclic) bond motifs is 1. The van der Waals surface area contributed by atoms with Crippen LogP contribution in [0.25, 0.3) is 10.9 Å². The van der Waals surface area contributed by atoms with Gasteiger partial charge in [-0.15, -0.1) is 0 Å². The molecule has 1 atom stereocenters. The Morgan fingerprint density at radius 1 is 1.23 bits per heavy atom. The summed E-state index contributed by atoms with van der Waals surface area (Å²) in [6.45, 7) is 3.95. The highest BCUT2D eigenvalue weighted by molar-refractivity contribution is 5.94. The van der Waals surface area contributed by atoms with E-state index in [1.165, 1.54) is 0 Å². The Bertz CT molecular complexity index is 1070. The van der Waals surface area contributed by atoms with Gasteiger partial charge in [0.1, 0.15) is 0 Å². The summed E-state index contributed by atoms with van der Waals surface area (Å²) in [5, 5.41) is 10.7. The lowest BCUT2D eigenvalue weighted by atomic mass is 9.98. The number of morpholine rings is 1. The Labute approximate surface area is 176 Å². The fraction of sp³-hybridized carbons (Fsp3) is 0.333. The zero-order chi connectivity index (χ0) is 21.1. The van der Waals surface area contributed by atoms with Crippen molar-refractivity contribution >= 4 is 16.8 Å². The SMILES string of the molecule is Cc1cc(CO)c2cccc(Cc3cccc(C(=O)N4CCO[C@@H](CN)C4)c3)c2n1. The van der Waals surface area contributed by atoms with Gasteiger partial charge in [-0.05, 0) is 48.2 Å². The molecule has 2 aromatic carbocycles. The third-order valence-electron chi connectivity index (χ3n) is 5.56. The molecule has 0 unspecified atom stereocenters. The fourth-order valence-corrected chi connectivity index (χ4v) is 4.06. The zero-order valence-corrected chi connectivity index (χ0v) is 17.2. The Morgan fingerprint density at radius 3 is 2.87 bits per heavy atom. The fourth-order valence-electron chi connectivity index (χ4n) is 4.06. The van der Waals surface area contributed by atoms with Gasteiger partial charge in [0.2, 0.25) is 0 Å². The molecule has 6 heteroatoms. The second kappa shape index (κ2) is 8.92. The molecule has 1 aromatic heterocycles. The second-order valence-corrected chi connectivity index (χ2v) is 7.75. The first-order valence-corrected chi connectivity index (χ1v) is 10.3. The first kappa shape index (κ1) is 20.5. The number of hydrogen-bond acceptors (Lipinski definition) is 5. The number of hydrogen-bond donors (Lipinski definition) is 2. The number of amides is 1. The molecule has 0 aliphatic carbocycles. The van der Waals surface area contributed by atoms with Crippen molar-refractivity contribution in [1.29, 1.82) is 0 Å². The van der Waals surface area contributed by atoms with Gasteiger partial charge >= 0.3 is 0 Å². The highest BCUT2D eigenvalue weighted by Gasteiger charge is 2.24. The molecule has 1 aliphatic rings. The van der Waals surface area contributed by atoms with Crippen LogP contribution in [0.3, 0.4) is 0 Å². The maximum atomic E-state index is 13.0. The third kappa shape index (κ3) is 4.21. The number of para-hydroxylation sites is 1. The lowest BCUT2D eigenvalue weighted by molar-refractivity contribution is -0.0167. The maximum Gasteiger partial charge on any atom is 0.254 e. The molecule has 0 bridgehead atoms. The van der Waals surface area contributed by atoms with Gasteiger partial charge < -0.3 is 20.5 Å². The van der Waals surface area contributed by atoms with Crippen LogP contribution in [0, 0.1) is 6.92 Å². The van der Waals surface area contributed by atoms with Crippen LogP contribution >= 0.6 is 0 Å². The molecule has 3 N–H and O–H groups in total. The van der Waals surface area contributed by atoms with Crippen LogP contribution in [0.4, 0.5) is 0 Å². The normalized spacial score (nSPS) is 16.8. The van der Waals surface area contributed by atoms with E-state index in [9.17, 15) is 9.90 Å². The predicted molar refractivity (Wildman–Crippen MR) is 116 cm³/mol. The van der Waals surface area contributed by atoms with E-state index < -0.39 is 0 Å². The van der Waals surface area contributed by atoms with E-state index in [0.29, 0.717) is 38.2 Å². The van der Waals surface area contributed by atoms with Crippen molar-refractivity contribution in [3.63, 3.8) is 0 Å². The van der Waals surface area contributed by atoms with Gasteiger partial charge in [0.15, 0.2) is 0 Å². The number of pyridine rings is 1. The zero-order valence-electron chi connectivity index (χ0n) is 17.2. The summed E-state index contributed by atoms with van der Waals surface area (Å²) in [6.07, 6.45) is 0.561. The summed E-state index contributed by atoms with van der Waals surface area (Å²) >= 11 is 0. The summed E-state index contributed by atoms with van der Waals surface area (Å²) in [4.78, 5) is 19.5. The molecule has 0 spiro atoms. The van der Waals surface area contributed by atoms with Crippen molar-refractivity contribution in [2.45, 2.75) is 26.1 Å². The van der Waals surface area contributed by atoms with E-state index in [2.05, 4.69) is 6.07 Å². The van der Waals surface area contributed by atoms with E-state index >= 15 is 0 Å². The number of carbonyl (C=O) groups is 1. The molecule has 1 aliphatic heterocycles. The predicted octanol–water partition coefficient (Wildman–Crippen LogP) is 2.43. The number of benzene rings is 2. The van der Waals surface area contributed by atoms with Gasteiger partial charge in [-0.2, -0.15) is 0 Å². The van der Waals surface area contributed by atoms with Crippen molar-refractivity contribution in [1.82, 2.24) is 9.88 Å². The minimum absolute atomic E-state index is 0.00746. The Hall–Kier alpha value is -2.80. The van der Waals surface area contributed by atoms with E-state index in [0.717, 1.165) is 33.3 Å². The molecule has 156 valence electrons. The Balaban J connectivity index is 1.61. The molecule has 0 radical (unpaired) electrons. The van der Waals surface area contributed by atoms with Gasteiger partial charge in [0, 0.05) is 36.3 Å². The third-order valence-corrected chi connectivity index (χ3v) is 5.56. The summed E-state index contributed by atoms with van der Waals surface area (Å²) in [6, 6.07) is 15.7. The summed E-state index contributed by atoms with van der Waals surface area (Å²) in [5.74, 6) is 0.00746. The molecular formula is C24H27N3O3. The molecule has 4 rings (SSSR count). The molecule has 1 saturated heterocycles. The number of aromatic nitrogens is 1. The minimum atomic E-state index is -0.100. The van der Waals surface area contributed by atoms with Gasteiger partial charge in [-0.1, -0.05) is 30.3 Å². The number of aryl methyl sites for hydroxylation is 1. The topological polar surface area (TPSA) is 88.7 Å². The van der Waals surface area contributed by atoms with Gasteiger partial charge in [0.05, 0.1) is 24.8 Å². The van der Waals surface area contributed by atoms with Crippen LogP contribution < -0.4 is 5.73 Å². The molecule has 2 heterocycles. The Kier molecular flexibility index (Phi) is 6.08. The van der Waals surface area contributed by atoms with E-state index in [1.807, 2.05) is 54.3 Å². The van der Waals surface area contributed by atoms with Crippen LogP contribution in [0.15, 0.2) is 48.5 Å². The number of ether oxygens (including phenoxy) is 1. The van der Waals surface area contributed by atoms with Crippen molar-refractivity contribution in [3.8, 4) is 0 Å². The van der Waals surface area contributed by atoms with Crippen LogP contribution in [-0.4, -0.2) is 53.2 Å². The van der Waals surface area contributed by atoms with Gasteiger partial charge in [-0.25, -0.2) is 0 Å². The molecule has 3 aromatic rings. The standard InChI is InChI=1S/C24H27N3O3/c1-16-10-20(15-28)22-7-3-5-18(23(22)26-16)11-17-4-2-6-19(12-17)24(29)27-8-9-30-21(13-25)14-27/h2-7,10,12,21,28H,8-9,11,13-15,25H2,1H3/t21-/m0/s1. The average molecular weight is 405 g/mol. The van der Waals surface area contributed by atoms with Crippen LogP contribution in [0.5, 0.6) is 0 Å². The lowest BCUT2D eigenvalue weighted by Crippen LogP contribution is -2.48. The smallest absolute Gasteiger partial charge is 0.254 e. The lowest BCUT2D eigenvalue weighted by Gasteiger charge is -2.32. The first-order chi connectivity index (χ1) is 14.6. The van der Waals surface area contributed by atoms with E-state index in [1.54, 1.807) is 0 Å². The number of aliphatic hydroxyl groups is 1. The average Bonchev–Trinajstić information content (AvgIpc) is 2.78. The van der Waals surface area contributed by atoms with Crippen molar-refractivity contribution < 1.29 is 14.6 Å². The quantitative estimate of drug-likeness (QED) is 0.681. The molecule has 6 nitrogen and oxygen atoms in total. The van der Waals surface area contributed by atoms with Crippen LogP contribution in [-0.2, 0) is 17.8 Å². The van der Waals surface area contributed by atoms with E-state index in [4.69, 9.17) is 15.5 Å². The van der Waals surface area contributed by atoms with Crippen molar-refractivity contribution in [3.05, 3.63) is 76.5 Å².